The van der Waals surface area contributed by atoms with Gasteiger partial charge in [0.2, 0.25) is 5.91 Å². The molecule has 6 heteroatoms. The zero-order valence-electron chi connectivity index (χ0n) is 15.3. The average Bonchev–Trinajstić information content (AvgIpc) is 2.68. The van der Waals surface area contributed by atoms with Gasteiger partial charge in [0.05, 0.1) is 17.2 Å². The third-order valence-corrected chi connectivity index (χ3v) is 4.91. The fraction of sp³-hybridized carbons (Fsp3) is 0.286. The predicted molar refractivity (Wildman–Crippen MR) is 110 cm³/mol. The number of carbonyl (C=O) groups excluding carboxylic acids is 1. The van der Waals surface area contributed by atoms with E-state index in [1.807, 2.05) is 41.3 Å². The van der Waals surface area contributed by atoms with Crippen LogP contribution in [0.5, 0.6) is 0 Å². The van der Waals surface area contributed by atoms with E-state index >= 15 is 0 Å². The maximum absolute atomic E-state index is 12.7. The highest BCUT2D eigenvalue weighted by molar-refractivity contribution is 9.10. The Hall–Kier alpha value is -2.47. The Kier molecular flexibility index (Phi) is 6.40. The second-order valence-electron chi connectivity index (χ2n) is 6.46. The Labute approximate surface area is 166 Å². The summed E-state index contributed by atoms with van der Waals surface area (Å²) in [4.78, 5) is 31.6. The van der Waals surface area contributed by atoms with Gasteiger partial charge < -0.3 is 4.90 Å². The zero-order chi connectivity index (χ0) is 19.2. The molecule has 0 aliphatic heterocycles. The van der Waals surface area contributed by atoms with Gasteiger partial charge in [-0.1, -0.05) is 53.2 Å². The molecule has 0 saturated heterocycles. The van der Waals surface area contributed by atoms with E-state index < -0.39 is 0 Å². The van der Waals surface area contributed by atoms with E-state index in [-0.39, 0.29) is 17.9 Å². The first-order chi connectivity index (χ1) is 13.1. The molecule has 3 aromatic rings. The van der Waals surface area contributed by atoms with E-state index in [9.17, 15) is 9.59 Å². The molecular weight excluding hydrogens is 406 g/mol. The lowest BCUT2D eigenvalue weighted by atomic mass is 10.2. The third kappa shape index (κ3) is 4.83. The van der Waals surface area contributed by atoms with Crippen LogP contribution in [0.4, 0.5) is 0 Å². The van der Waals surface area contributed by atoms with E-state index in [0.717, 1.165) is 16.5 Å². The Balaban J connectivity index is 1.72. The summed E-state index contributed by atoms with van der Waals surface area (Å²) in [6, 6.07) is 15.4. The summed E-state index contributed by atoms with van der Waals surface area (Å²) in [5.74, 6) is 0.0435. The van der Waals surface area contributed by atoms with E-state index in [4.69, 9.17) is 0 Å². The minimum absolute atomic E-state index is 0.0435. The molecule has 27 heavy (non-hydrogen) atoms. The Morgan fingerprint density at radius 2 is 1.96 bits per heavy atom. The summed E-state index contributed by atoms with van der Waals surface area (Å²) in [6.07, 6.45) is 2.69. The number of hydrogen-bond acceptors (Lipinski definition) is 3. The number of rotatable bonds is 7. The maximum Gasteiger partial charge on any atom is 0.261 e. The molecule has 0 N–H and O–H groups in total. The average molecular weight is 428 g/mol. The Morgan fingerprint density at radius 1 is 1.19 bits per heavy atom. The van der Waals surface area contributed by atoms with E-state index in [2.05, 4.69) is 27.8 Å². The topological polar surface area (TPSA) is 55.2 Å². The standard InChI is InChI=1S/C21H22BrN3O2/c1-2-11-24(14-16-6-4-3-5-7-16)20(26)10-12-25-15-23-19-9-8-17(22)13-18(19)21(25)27/h3-9,13,15H,2,10-12,14H2,1H3. The van der Waals surface area contributed by atoms with Gasteiger partial charge in [-0.05, 0) is 30.2 Å². The lowest BCUT2D eigenvalue weighted by Crippen LogP contribution is -2.33. The van der Waals surface area contributed by atoms with Crippen LogP contribution in [0.15, 0.2) is 64.1 Å². The molecule has 1 heterocycles. The van der Waals surface area contributed by atoms with Crippen molar-refractivity contribution in [2.24, 2.45) is 0 Å². The van der Waals surface area contributed by atoms with Gasteiger partial charge in [-0.25, -0.2) is 4.98 Å². The minimum Gasteiger partial charge on any atom is -0.338 e. The predicted octanol–water partition coefficient (Wildman–Crippen LogP) is 3.99. The van der Waals surface area contributed by atoms with Crippen molar-refractivity contribution in [1.29, 1.82) is 0 Å². The second-order valence-corrected chi connectivity index (χ2v) is 7.37. The lowest BCUT2D eigenvalue weighted by molar-refractivity contribution is -0.132. The molecule has 0 atom stereocenters. The molecular formula is C21H22BrN3O2. The Bertz CT molecular complexity index is 986. The highest BCUT2D eigenvalue weighted by Gasteiger charge is 2.14. The van der Waals surface area contributed by atoms with Gasteiger partial charge in [-0.2, -0.15) is 0 Å². The van der Waals surface area contributed by atoms with Crippen molar-refractivity contribution in [3.8, 4) is 0 Å². The first-order valence-corrected chi connectivity index (χ1v) is 9.84. The van der Waals surface area contributed by atoms with Crippen molar-refractivity contribution in [2.75, 3.05) is 6.54 Å². The molecule has 0 fully saturated rings. The molecule has 1 amide bonds. The number of carbonyl (C=O) groups is 1. The summed E-state index contributed by atoms with van der Waals surface area (Å²) < 4.78 is 2.35. The number of aromatic nitrogens is 2. The normalized spacial score (nSPS) is 10.9. The van der Waals surface area contributed by atoms with Gasteiger partial charge >= 0.3 is 0 Å². The summed E-state index contributed by atoms with van der Waals surface area (Å²) in [7, 11) is 0. The van der Waals surface area contributed by atoms with E-state index in [1.165, 1.54) is 10.9 Å². The number of halogens is 1. The number of hydrogen-bond donors (Lipinski definition) is 0. The fourth-order valence-corrected chi connectivity index (χ4v) is 3.39. The molecule has 0 aliphatic carbocycles. The molecule has 0 bridgehead atoms. The largest absolute Gasteiger partial charge is 0.338 e. The summed E-state index contributed by atoms with van der Waals surface area (Å²) >= 11 is 3.38. The smallest absolute Gasteiger partial charge is 0.261 e. The molecule has 3 rings (SSSR count). The van der Waals surface area contributed by atoms with E-state index in [1.54, 1.807) is 12.1 Å². The van der Waals surface area contributed by atoms with Crippen LogP contribution in [0.25, 0.3) is 10.9 Å². The van der Waals surface area contributed by atoms with Crippen molar-refractivity contribution >= 4 is 32.7 Å². The van der Waals surface area contributed by atoms with E-state index in [0.29, 0.717) is 30.5 Å². The SMILES string of the molecule is CCCN(Cc1ccccc1)C(=O)CCn1cnc2ccc(Br)cc2c1=O. The minimum atomic E-state index is -0.126. The third-order valence-electron chi connectivity index (χ3n) is 4.42. The summed E-state index contributed by atoms with van der Waals surface area (Å²) in [6.45, 7) is 3.67. The van der Waals surface area contributed by atoms with Crippen molar-refractivity contribution in [1.82, 2.24) is 14.5 Å². The van der Waals surface area contributed by atoms with Crippen molar-refractivity contribution in [2.45, 2.75) is 32.9 Å². The van der Waals surface area contributed by atoms with Crippen molar-refractivity contribution < 1.29 is 4.79 Å². The molecule has 0 saturated carbocycles. The number of fused-ring (bicyclic) bond motifs is 1. The number of amides is 1. The molecule has 0 radical (unpaired) electrons. The highest BCUT2D eigenvalue weighted by atomic mass is 79.9. The molecule has 140 valence electrons. The lowest BCUT2D eigenvalue weighted by Gasteiger charge is -2.22. The van der Waals surface area contributed by atoms with Gasteiger partial charge in [0.25, 0.3) is 5.56 Å². The van der Waals surface area contributed by atoms with Crippen LogP contribution >= 0.6 is 15.9 Å². The van der Waals surface area contributed by atoms with Gasteiger partial charge in [-0.3, -0.25) is 14.2 Å². The summed E-state index contributed by atoms with van der Waals surface area (Å²) in [5, 5.41) is 0.550. The molecule has 0 unspecified atom stereocenters. The molecule has 0 aliphatic rings. The monoisotopic (exact) mass is 427 g/mol. The van der Waals surface area contributed by atoms with Crippen LogP contribution < -0.4 is 5.56 Å². The fourth-order valence-electron chi connectivity index (χ4n) is 3.03. The van der Waals surface area contributed by atoms with Crippen LogP contribution in [-0.4, -0.2) is 26.9 Å². The molecule has 0 spiro atoms. The number of aryl methyl sites for hydroxylation is 1. The van der Waals surface area contributed by atoms with Crippen LogP contribution in [0.1, 0.15) is 25.3 Å². The molecule has 2 aromatic carbocycles. The summed E-state index contributed by atoms with van der Waals surface area (Å²) in [5.41, 5.74) is 1.63. The highest BCUT2D eigenvalue weighted by Crippen LogP contribution is 2.15. The zero-order valence-corrected chi connectivity index (χ0v) is 16.9. The maximum atomic E-state index is 12.7. The Morgan fingerprint density at radius 3 is 2.70 bits per heavy atom. The first-order valence-electron chi connectivity index (χ1n) is 9.05. The van der Waals surface area contributed by atoms with Gasteiger partial charge in [0, 0.05) is 30.5 Å². The van der Waals surface area contributed by atoms with Gasteiger partial charge in [-0.15, -0.1) is 0 Å². The quantitative estimate of drug-likeness (QED) is 0.572. The molecule has 5 nitrogen and oxygen atoms in total. The van der Waals surface area contributed by atoms with Crippen molar-refractivity contribution in [3.63, 3.8) is 0 Å². The number of benzene rings is 2. The van der Waals surface area contributed by atoms with Crippen LogP contribution in [0.2, 0.25) is 0 Å². The van der Waals surface area contributed by atoms with Crippen molar-refractivity contribution in [3.05, 3.63) is 75.2 Å². The second kappa shape index (κ2) is 8.95. The van der Waals surface area contributed by atoms with Gasteiger partial charge in [0.15, 0.2) is 0 Å². The number of nitrogens with zero attached hydrogens (tertiary/aromatic N) is 3. The molecule has 1 aromatic heterocycles. The van der Waals surface area contributed by atoms with Crippen LogP contribution in [-0.2, 0) is 17.9 Å². The van der Waals surface area contributed by atoms with Crippen LogP contribution in [0.3, 0.4) is 0 Å². The first kappa shape index (κ1) is 19.3. The van der Waals surface area contributed by atoms with Crippen LogP contribution in [0, 0.1) is 0 Å². The van der Waals surface area contributed by atoms with Gasteiger partial charge in [0.1, 0.15) is 0 Å².